The number of unbranched alkanes of at least 4 members (excludes halogenated alkanes) is 4. The Morgan fingerprint density at radius 3 is 2.11 bits per heavy atom. The van der Waals surface area contributed by atoms with Crippen molar-refractivity contribution in [3.8, 4) is 0 Å². The maximum Gasteiger partial charge on any atom is 0.320 e. The number of carbonyl (C=O) groups is 5. The summed E-state index contributed by atoms with van der Waals surface area (Å²) in [4.78, 5) is 69.2. The Labute approximate surface area is 281 Å². The van der Waals surface area contributed by atoms with Gasteiger partial charge in [0.1, 0.15) is 24.2 Å². The van der Waals surface area contributed by atoms with E-state index in [9.17, 15) is 34.2 Å². The number of rotatable bonds is 13. The number of amides is 4. The van der Waals surface area contributed by atoms with Crippen molar-refractivity contribution in [3.63, 3.8) is 0 Å². The summed E-state index contributed by atoms with van der Waals surface area (Å²) in [5.41, 5.74) is 0. The molecule has 8 atom stereocenters. The highest BCUT2D eigenvalue weighted by atomic mass is 16.5. The van der Waals surface area contributed by atoms with Gasteiger partial charge in [0.2, 0.25) is 23.6 Å². The van der Waals surface area contributed by atoms with Crippen LogP contribution in [-0.2, 0) is 28.7 Å². The van der Waals surface area contributed by atoms with Crippen LogP contribution in [0.2, 0.25) is 0 Å². The van der Waals surface area contributed by atoms with Gasteiger partial charge in [0.05, 0.1) is 31.2 Å². The van der Waals surface area contributed by atoms with Crippen molar-refractivity contribution in [2.24, 2.45) is 17.8 Å². The number of esters is 1. The van der Waals surface area contributed by atoms with Crippen LogP contribution in [-0.4, -0.2) is 108 Å². The Morgan fingerprint density at radius 1 is 0.894 bits per heavy atom. The fraction of sp³-hybridized carbons (Fsp3) is 0.853. The van der Waals surface area contributed by atoms with Gasteiger partial charge in [-0.2, -0.15) is 0 Å². The Morgan fingerprint density at radius 2 is 1.55 bits per heavy atom. The summed E-state index contributed by atoms with van der Waals surface area (Å²) in [5.74, 6) is -3.81. The van der Waals surface area contributed by atoms with Crippen LogP contribution in [0.5, 0.6) is 0 Å². The molecular weight excluding hydrogens is 606 g/mol. The standard InChI is InChI=1S/C34H63N5O8/c1-9-12-13-14-15-16-28-24(11-3)34(46)39(8)27(17-21(4)5)32(44)38-30(22(6)10-2)33(45)37-26(20-40)31(43)36-25(23(7)41)18-35-19-29(42)47-28/h21-28,30,35,40-41H,9-20H2,1-8H3,(H,36,43)(H,37,45)(H,38,44)/t22-,23+,24-,25-,26+,27+,28-,30+/m1/s1. The molecule has 13 nitrogen and oxygen atoms in total. The van der Waals surface area contributed by atoms with Crippen molar-refractivity contribution >= 4 is 29.6 Å². The van der Waals surface area contributed by atoms with Crippen LogP contribution in [0.4, 0.5) is 0 Å². The lowest BCUT2D eigenvalue weighted by atomic mass is 9.91. The maximum atomic E-state index is 14.1. The van der Waals surface area contributed by atoms with Crippen molar-refractivity contribution in [3.05, 3.63) is 0 Å². The summed E-state index contributed by atoms with van der Waals surface area (Å²) in [7, 11) is 1.57. The molecule has 0 aliphatic carbocycles. The molecule has 0 aromatic rings. The van der Waals surface area contributed by atoms with E-state index in [1.807, 2.05) is 27.7 Å². The summed E-state index contributed by atoms with van der Waals surface area (Å²) in [6.07, 6.45) is 4.88. The van der Waals surface area contributed by atoms with Gasteiger partial charge in [-0.05, 0) is 44.4 Å². The highest BCUT2D eigenvalue weighted by Crippen LogP contribution is 2.24. The minimum atomic E-state index is -1.36. The van der Waals surface area contributed by atoms with E-state index >= 15 is 0 Å². The second kappa shape index (κ2) is 22.0. The molecule has 0 radical (unpaired) electrons. The number of nitrogens with one attached hydrogen (secondary N) is 4. The minimum Gasteiger partial charge on any atom is -0.461 e. The molecule has 0 aromatic heterocycles. The lowest BCUT2D eigenvalue weighted by molar-refractivity contribution is -0.158. The van der Waals surface area contributed by atoms with Crippen LogP contribution in [0.1, 0.15) is 106 Å². The van der Waals surface area contributed by atoms with Crippen LogP contribution < -0.4 is 21.3 Å². The Balaban J connectivity index is 3.59. The summed E-state index contributed by atoms with van der Waals surface area (Å²) >= 11 is 0. The molecule has 47 heavy (non-hydrogen) atoms. The summed E-state index contributed by atoms with van der Waals surface area (Å²) in [6.45, 7) is 12.0. The van der Waals surface area contributed by atoms with Gasteiger partial charge >= 0.3 is 5.97 Å². The monoisotopic (exact) mass is 669 g/mol. The molecule has 1 heterocycles. The molecule has 1 saturated heterocycles. The second-order valence-corrected chi connectivity index (χ2v) is 13.4. The molecule has 4 amide bonds. The number of likely N-dealkylation sites (N-methyl/N-ethyl adjacent to an activating group) is 1. The SMILES string of the molecule is CCCCCCC[C@H]1OC(=O)CNC[C@H]([C@H](C)O)NC(=O)[C@H](CO)NC(=O)[C@H]([C@H](C)CC)NC(=O)[C@H](CC(C)C)N(C)C(=O)[C@@H]1CC. The molecule has 6 N–H and O–H groups in total. The van der Waals surface area contributed by atoms with Gasteiger partial charge in [0.15, 0.2) is 0 Å². The summed E-state index contributed by atoms with van der Waals surface area (Å²) in [5, 5.41) is 31.2. The lowest BCUT2D eigenvalue weighted by Crippen LogP contribution is -2.61. The van der Waals surface area contributed by atoms with E-state index < -0.39 is 72.6 Å². The first-order valence-electron chi connectivity index (χ1n) is 17.6. The number of aliphatic hydroxyl groups excluding tert-OH is 2. The van der Waals surface area contributed by atoms with Gasteiger partial charge in [0, 0.05) is 13.6 Å². The normalized spacial score (nSPS) is 27.6. The molecule has 13 heteroatoms. The smallest absolute Gasteiger partial charge is 0.320 e. The quantitative estimate of drug-likeness (QED) is 0.125. The van der Waals surface area contributed by atoms with Gasteiger partial charge in [-0.1, -0.05) is 73.6 Å². The molecule has 0 saturated carbocycles. The highest BCUT2D eigenvalue weighted by Gasteiger charge is 2.38. The number of hydrogen-bond donors (Lipinski definition) is 6. The zero-order valence-electron chi connectivity index (χ0n) is 30.0. The fourth-order valence-electron chi connectivity index (χ4n) is 5.76. The second-order valence-electron chi connectivity index (χ2n) is 13.4. The van der Waals surface area contributed by atoms with Gasteiger partial charge < -0.3 is 41.1 Å². The molecule has 1 fully saturated rings. The third kappa shape index (κ3) is 14.1. The third-order valence-corrected chi connectivity index (χ3v) is 9.05. The number of aliphatic hydroxyl groups is 2. The fourth-order valence-corrected chi connectivity index (χ4v) is 5.76. The molecular formula is C34H63N5O8. The van der Waals surface area contributed by atoms with Gasteiger partial charge in [0.25, 0.3) is 0 Å². The molecule has 1 aliphatic heterocycles. The number of ether oxygens (including phenoxy) is 1. The van der Waals surface area contributed by atoms with E-state index in [4.69, 9.17) is 4.74 Å². The van der Waals surface area contributed by atoms with Crippen molar-refractivity contribution in [2.45, 2.75) is 143 Å². The van der Waals surface area contributed by atoms with E-state index in [0.29, 0.717) is 25.7 Å². The molecule has 0 bridgehead atoms. The molecule has 272 valence electrons. The Kier molecular flexibility index (Phi) is 19.8. The van der Waals surface area contributed by atoms with E-state index in [2.05, 4.69) is 28.2 Å². The first-order valence-corrected chi connectivity index (χ1v) is 17.6. The molecule has 0 spiro atoms. The van der Waals surface area contributed by atoms with E-state index in [1.165, 1.54) is 11.8 Å². The zero-order chi connectivity index (χ0) is 35.7. The molecule has 0 unspecified atom stereocenters. The van der Waals surface area contributed by atoms with Gasteiger partial charge in [-0.25, -0.2) is 0 Å². The predicted octanol–water partition coefficient (Wildman–Crippen LogP) is 1.63. The Bertz CT molecular complexity index is 994. The lowest BCUT2D eigenvalue weighted by Gasteiger charge is -2.35. The van der Waals surface area contributed by atoms with Crippen molar-refractivity contribution in [2.75, 3.05) is 26.7 Å². The summed E-state index contributed by atoms with van der Waals surface area (Å²) in [6, 6.07) is -4.19. The van der Waals surface area contributed by atoms with Crippen LogP contribution in [0.25, 0.3) is 0 Å². The van der Waals surface area contributed by atoms with E-state index in [-0.39, 0.29) is 30.8 Å². The zero-order valence-corrected chi connectivity index (χ0v) is 30.0. The Hall–Kier alpha value is -2.77. The topological polar surface area (TPSA) is 186 Å². The van der Waals surface area contributed by atoms with Crippen molar-refractivity contribution in [1.29, 1.82) is 0 Å². The van der Waals surface area contributed by atoms with Crippen LogP contribution in [0, 0.1) is 17.8 Å². The molecule has 0 aromatic carbocycles. The van der Waals surface area contributed by atoms with Gasteiger partial charge in [-0.15, -0.1) is 0 Å². The number of carbonyl (C=O) groups excluding carboxylic acids is 5. The average molecular weight is 670 g/mol. The number of nitrogens with zero attached hydrogens (tertiary/aromatic N) is 1. The first-order chi connectivity index (χ1) is 22.2. The van der Waals surface area contributed by atoms with Crippen LogP contribution in [0.3, 0.4) is 0 Å². The van der Waals surface area contributed by atoms with Gasteiger partial charge in [-0.3, -0.25) is 24.0 Å². The number of cyclic esters (lactones) is 1. The maximum absolute atomic E-state index is 14.1. The summed E-state index contributed by atoms with van der Waals surface area (Å²) < 4.78 is 5.93. The van der Waals surface area contributed by atoms with E-state index in [0.717, 1.165) is 32.1 Å². The molecule has 1 aliphatic rings. The van der Waals surface area contributed by atoms with Crippen molar-refractivity contribution in [1.82, 2.24) is 26.2 Å². The predicted molar refractivity (Wildman–Crippen MR) is 180 cm³/mol. The van der Waals surface area contributed by atoms with Crippen molar-refractivity contribution < 1.29 is 38.9 Å². The number of hydrogen-bond acceptors (Lipinski definition) is 9. The third-order valence-electron chi connectivity index (χ3n) is 9.05. The average Bonchev–Trinajstić information content (AvgIpc) is 3.02. The minimum absolute atomic E-state index is 0.00636. The van der Waals surface area contributed by atoms with E-state index in [1.54, 1.807) is 14.0 Å². The highest BCUT2D eigenvalue weighted by molar-refractivity contribution is 5.94. The molecule has 1 rings (SSSR count). The first kappa shape index (κ1) is 42.3. The van der Waals surface area contributed by atoms with Crippen LogP contribution >= 0.6 is 0 Å². The van der Waals surface area contributed by atoms with Crippen LogP contribution in [0.15, 0.2) is 0 Å². The largest absolute Gasteiger partial charge is 0.461 e.